The van der Waals surface area contributed by atoms with Crippen molar-refractivity contribution in [3.8, 4) is 17.0 Å². The average Bonchev–Trinajstić information content (AvgIpc) is 3.39. The summed E-state index contributed by atoms with van der Waals surface area (Å²) in [5.41, 5.74) is 2.61. The molecule has 192 valence electrons. The molecule has 1 aliphatic heterocycles. The molecule has 5 rings (SSSR count). The fourth-order valence-electron chi connectivity index (χ4n) is 4.62. The van der Waals surface area contributed by atoms with E-state index >= 15 is 0 Å². The summed E-state index contributed by atoms with van der Waals surface area (Å²) in [5, 5.41) is 14.8. The van der Waals surface area contributed by atoms with Crippen LogP contribution in [0.25, 0.3) is 22.0 Å². The van der Waals surface area contributed by atoms with Crippen molar-refractivity contribution in [3.05, 3.63) is 76.5 Å². The third kappa shape index (κ3) is 5.65. The van der Waals surface area contributed by atoms with Crippen molar-refractivity contribution in [2.24, 2.45) is 0 Å². The smallest absolute Gasteiger partial charge is 0.259 e. The van der Waals surface area contributed by atoms with Crippen molar-refractivity contribution in [1.29, 1.82) is 0 Å². The van der Waals surface area contributed by atoms with Crippen LogP contribution in [0.5, 0.6) is 5.75 Å². The molecule has 1 fully saturated rings. The van der Waals surface area contributed by atoms with Crippen molar-refractivity contribution < 1.29 is 9.84 Å². The van der Waals surface area contributed by atoms with E-state index in [0.717, 1.165) is 47.6 Å². The molecule has 8 nitrogen and oxygen atoms in total. The zero-order valence-electron chi connectivity index (χ0n) is 21.5. The van der Waals surface area contributed by atoms with Crippen LogP contribution in [0.3, 0.4) is 0 Å². The second kappa shape index (κ2) is 10.3. The van der Waals surface area contributed by atoms with E-state index in [0.29, 0.717) is 29.2 Å². The number of aromatic nitrogens is 3. The summed E-state index contributed by atoms with van der Waals surface area (Å²) >= 11 is 0. The first-order valence-electron chi connectivity index (χ1n) is 12.7. The van der Waals surface area contributed by atoms with Gasteiger partial charge in [0.25, 0.3) is 5.56 Å². The molecule has 1 aliphatic rings. The Labute approximate surface area is 216 Å². The lowest BCUT2D eigenvalue weighted by atomic mass is 10.0. The van der Waals surface area contributed by atoms with Gasteiger partial charge in [-0.1, -0.05) is 6.07 Å². The van der Waals surface area contributed by atoms with E-state index in [2.05, 4.69) is 20.2 Å². The summed E-state index contributed by atoms with van der Waals surface area (Å²) in [4.78, 5) is 27.2. The van der Waals surface area contributed by atoms with E-state index in [4.69, 9.17) is 9.72 Å². The second-order valence-corrected chi connectivity index (χ2v) is 10.1. The summed E-state index contributed by atoms with van der Waals surface area (Å²) < 4.78 is 6.12. The number of rotatable bonds is 8. The molecule has 4 aromatic rings. The van der Waals surface area contributed by atoms with Crippen LogP contribution >= 0.6 is 0 Å². The SMILES string of the molecule is Cc1ccc(Nc2nc(-c3ccc(C(C)(C)O)nc3)cc3cc[nH]c(=O)c23)cc1OCCN1CCCC1. The number of hydrogen-bond donors (Lipinski definition) is 3. The third-order valence-electron chi connectivity index (χ3n) is 6.76. The minimum Gasteiger partial charge on any atom is -0.492 e. The summed E-state index contributed by atoms with van der Waals surface area (Å²) in [5.74, 6) is 1.26. The lowest BCUT2D eigenvalue weighted by Crippen LogP contribution is -2.25. The Bertz CT molecular complexity index is 1450. The minimum absolute atomic E-state index is 0.219. The normalized spacial score (nSPS) is 14.3. The molecule has 0 atom stereocenters. The van der Waals surface area contributed by atoms with E-state index in [1.807, 2.05) is 43.3 Å². The number of aliphatic hydroxyl groups is 1. The number of likely N-dealkylation sites (tertiary alicyclic amines) is 1. The molecule has 0 unspecified atom stereocenters. The van der Waals surface area contributed by atoms with Crippen molar-refractivity contribution in [2.75, 3.05) is 31.6 Å². The molecule has 3 aromatic heterocycles. The van der Waals surface area contributed by atoms with E-state index in [1.54, 1.807) is 32.3 Å². The number of fused-ring (bicyclic) bond motifs is 1. The monoisotopic (exact) mass is 499 g/mol. The molecule has 0 bridgehead atoms. The number of nitrogens with one attached hydrogen (secondary N) is 2. The van der Waals surface area contributed by atoms with Gasteiger partial charge in [0.05, 0.1) is 16.8 Å². The number of aryl methyl sites for hydroxylation is 1. The number of benzene rings is 1. The first-order chi connectivity index (χ1) is 17.8. The molecule has 1 aromatic carbocycles. The van der Waals surface area contributed by atoms with Gasteiger partial charge < -0.3 is 20.1 Å². The van der Waals surface area contributed by atoms with Crippen LogP contribution < -0.4 is 15.6 Å². The highest BCUT2D eigenvalue weighted by atomic mass is 16.5. The molecule has 37 heavy (non-hydrogen) atoms. The van der Waals surface area contributed by atoms with Gasteiger partial charge in [-0.25, -0.2) is 4.98 Å². The predicted molar refractivity (Wildman–Crippen MR) is 146 cm³/mol. The van der Waals surface area contributed by atoms with E-state index < -0.39 is 5.60 Å². The third-order valence-corrected chi connectivity index (χ3v) is 6.76. The van der Waals surface area contributed by atoms with Crippen LogP contribution in [0.4, 0.5) is 11.5 Å². The van der Waals surface area contributed by atoms with Crippen LogP contribution in [-0.4, -0.2) is 51.2 Å². The van der Waals surface area contributed by atoms with Gasteiger partial charge in [-0.15, -0.1) is 0 Å². The van der Waals surface area contributed by atoms with E-state index in [9.17, 15) is 9.90 Å². The topological polar surface area (TPSA) is 103 Å². The van der Waals surface area contributed by atoms with Gasteiger partial charge in [0.1, 0.15) is 23.8 Å². The minimum atomic E-state index is -1.03. The van der Waals surface area contributed by atoms with Gasteiger partial charge in [-0.3, -0.25) is 14.7 Å². The molecule has 8 heteroatoms. The molecule has 0 aliphatic carbocycles. The largest absolute Gasteiger partial charge is 0.492 e. The maximum atomic E-state index is 12.8. The molecule has 0 saturated carbocycles. The fraction of sp³-hybridized carbons (Fsp3) is 0.345. The number of aromatic amines is 1. The highest BCUT2D eigenvalue weighted by Gasteiger charge is 2.18. The van der Waals surface area contributed by atoms with Gasteiger partial charge in [0, 0.05) is 36.3 Å². The van der Waals surface area contributed by atoms with Gasteiger partial charge in [-0.2, -0.15) is 0 Å². The number of pyridine rings is 3. The van der Waals surface area contributed by atoms with Crippen molar-refractivity contribution in [2.45, 2.75) is 39.2 Å². The van der Waals surface area contributed by atoms with Crippen molar-refractivity contribution in [1.82, 2.24) is 19.9 Å². The Kier molecular flexibility index (Phi) is 6.95. The number of ether oxygens (including phenoxy) is 1. The molecule has 0 spiro atoms. The van der Waals surface area contributed by atoms with Crippen LogP contribution in [0.15, 0.2) is 59.7 Å². The maximum Gasteiger partial charge on any atom is 0.259 e. The highest BCUT2D eigenvalue weighted by Crippen LogP contribution is 2.30. The fourth-order valence-corrected chi connectivity index (χ4v) is 4.62. The van der Waals surface area contributed by atoms with Gasteiger partial charge in [0.2, 0.25) is 0 Å². The van der Waals surface area contributed by atoms with Crippen molar-refractivity contribution in [3.63, 3.8) is 0 Å². The van der Waals surface area contributed by atoms with E-state index in [-0.39, 0.29) is 5.56 Å². The standard InChI is InChI=1S/C29H33N5O3/c1-19-6-8-22(17-24(19)37-15-14-34-12-4-5-13-34)32-27-26-20(10-11-30-28(26)35)16-23(33-27)21-7-9-25(31-18-21)29(2,3)36/h6-11,16-18,36H,4-5,12-15H2,1-3H3,(H,30,35)(H,32,33). The van der Waals surface area contributed by atoms with E-state index in [1.165, 1.54) is 12.8 Å². The lowest BCUT2D eigenvalue weighted by Gasteiger charge is -2.17. The van der Waals surface area contributed by atoms with Crippen LogP contribution in [0, 0.1) is 6.92 Å². The van der Waals surface area contributed by atoms with Crippen LogP contribution in [0.1, 0.15) is 37.9 Å². The van der Waals surface area contributed by atoms with Gasteiger partial charge >= 0.3 is 0 Å². The Morgan fingerprint density at radius 3 is 2.68 bits per heavy atom. The zero-order valence-corrected chi connectivity index (χ0v) is 21.5. The number of H-pyrrole nitrogens is 1. The Hall–Kier alpha value is -3.75. The summed E-state index contributed by atoms with van der Waals surface area (Å²) in [6, 6.07) is 13.3. The zero-order chi connectivity index (χ0) is 26.0. The summed E-state index contributed by atoms with van der Waals surface area (Å²) in [7, 11) is 0. The summed E-state index contributed by atoms with van der Waals surface area (Å²) in [6.07, 6.45) is 5.84. The Balaban J connectivity index is 1.45. The Morgan fingerprint density at radius 1 is 1.14 bits per heavy atom. The van der Waals surface area contributed by atoms with Gasteiger partial charge in [-0.05, 0) is 88.0 Å². The molecule has 1 saturated heterocycles. The van der Waals surface area contributed by atoms with Crippen LogP contribution in [-0.2, 0) is 5.60 Å². The molecular weight excluding hydrogens is 466 g/mol. The molecular formula is C29H33N5O3. The predicted octanol–water partition coefficient (Wildman–Crippen LogP) is 4.74. The number of nitrogens with zero attached hydrogens (tertiary/aromatic N) is 3. The average molecular weight is 500 g/mol. The number of hydrogen-bond acceptors (Lipinski definition) is 7. The molecule has 4 heterocycles. The molecule has 3 N–H and O–H groups in total. The maximum absolute atomic E-state index is 12.8. The van der Waals surface area contributed by atoms with Crippen molar-refractivity contribution >= 4 is 22.3 Å². The first kappa shape index (κ1) is 24.9. The highest BCUT2D eigenvalue weighted by molar-refractivity contribution is 5.95. The first-order valence-corrected chi connectivity index (χ1v) is 12.7. The quantitative estimate of drug-likeness (QED) is 0.322. The van der Waals surface area contributed by atoms with Crippen LogP contribution in [0.2, 0.25) is 0 Å². The van der Waals surface area contributed by atoms with Gasteiger partial charge in [0.15, 0.2) is 0 Å². The second-order valence-electron chi connectivity index (χ2n) is 10.1. The molecule has 0 amide bonds. The Morgan fingerprint density at radius 2 is 1.95 bits per heavy atom. The lowest BCUT2D eigenvalue weighted by molar-refractivity contribution is 0.0739. The molecule has 0 radical (unpaired) electrons. The summed E-state index contributed by atoms with van der Waals surface area (Å²) in [6.45, 7) is 9.26. The number of anilines is 2.